The van der Waals surface area contributed by atoms with E-state index in [2.05, 4.69) is 22.9 Å². The lowest BCUT2D eigenvalue weighted by Crippen LogP contribution is -2.13. The van der Waals surface area contributed by atoms with Gasteiger partial charge in [-0.05, 0) is 31.5 Å². The summed E-state index contributed by atoms with van der Waals surface area (Å²) in [5, 5.41) is 0. The molecule has 0 fully saturated rings. The van der Waals surface area contributed by atoms with Crippen LogP contribution in [-0.4, -0.2) is 12.4 Å². The molecule has 0 N–H and O–H groups in total. The van der Waals surface area contributed by atoms with Crippen LogP contribution in [0.5, 0.6) is 5.75 Å². The van der Waals surface area contributed by atoms with Crippen LogP contribution in [0, 0.1) is 5.92 Å². The van der Waals surface area contributed by atoms with Crippen molar-refractivity contribution < 1.29 is 9.53 Å². The fourth-order valence-electron chi connectivity index (χ4n) is 1.81. The van der Waals surface area contributed by atoms with Crippen molar-refractivity contribution in [3.05, 3.63) is 28.2 Å². The molecule has 3 heteroatoms. The molecule has 0 amide bonds. The molecule has 0 saturated carbocycles. The number of Topliss-reactive ketones (excluding diaryl/α,β-unsaturated/α-hetero) is 1. The Morgan fingerprint density at radius 1 is 1.41 bits per heavy atom. The topological polar surface area (TPSA) is 26.3 Å². The SMILES string of the molecule is CCCC(C)C(=O)c1cc(Br)ccc1OCC. The Hall–Kier alpha value is -0.830. The van der Waals surface area contributed by atoms with Crippen LogP contribution in [-0.2, 0) is 0 Å². The average molecular weight is 299 g/mol. The van der Waals surface area contributed by atoms with Crippen molar-refractivity contribution >= 4 is 21.7 Å². The molecule has 0 aliphatic carbocycles. The van der Waals surface area contributed by atoms with Crippen LogP contribution in [0.2, 0.25) is 0 Å². The summed E-state index contributed by atoms with van der Waals surface area (Å²) in [4.78, 5) is 12.3. The van der Waals surface area contributed by atoms with Crippen LogP contribution in [0.15, 0.2) is 22.7 Å². The van der Waals surface area contributed by atoms with Gasteiger partial charge in [0.15, 0.2) is 5.78 Å². The van der Waals surface area contributed by atoms with E-state index in [1.807, 2.05) is 32.0 Å². The molecule has 1 atom stereocenters. The van der Waals surface area contributed by atoms with Crippen LogP contribution < -0.4 is 4.74 Å². The second-order valence-electron chi connectivity index (χ2n) is 4.13. The maximum atomic E-state index is 12.3. The minimum atomic E-state index is 0.0495. The summed E-state index contributed by atoms with van der Waals surface area (Å²) in [5.41, 5.74) is 0.683. The molecule has 1 aromatic rings. The third-order valence-electron chi connectivity index (χ3n) is 2.68. The molecule has 94 valence electrons. The van der Waals surface area contributed by atoms with E-state index in [9.17, 15) is 4.79 Å². The summed E-state index contributed by atoms with van der Waals surface area (Å²) in [6.45, 7) is 6.56. The minimum Gasteiger partial charge on any atom is -0.493 e. The average Bonchev–Trinajstić information content (AvgIpc) is 2.31. The molecule has 1 aromatic carbocycles. The normalized spacial score (nSPS) is 12.2. The van der Waals surface area contributed by atoms with Gasteiger partial charge in [-0.1, -0.05) is 36.2 Å². The predicted molar refractivity (Wildman–Crippen MR) is 73.7 cm³/mol. The molecule has 1 rings (SSSR count). The largest absolute Gasteiger partial charge is 0.493 e. The first kappa shape index (κ1) is 14.2. The smallest absolute Gasteiger partial charge is 0.169 e. The Morgan fingerprint density at radius 3 is 2.71 bits per heavy atom. The first-order valence-electron chi connectivity index (χ1n) is 6.06. The summed E-state index contributed by atoms with van der Waals surface area (Å²) in [5.74, 6) is 0.897. The number of carbonyl (C=O) groups excluding carboxylic acids is 1. The second-order valence-corrected chi connectivity index (χ2v) is 5.04. The van der Waals surface area contributed by atoms with E-state index < -0.39 is 0 Å². The maximum Gasteiger partial charge on any atom is 0.169 e. The van der Waals surface area contributed by atoms with Gasteiger partial charge < -0.3 is 4.74 Å². The highest BCUT2D eigenvalue weighted by atomic mass is 79.9. The lowest BCUT2D eigenvalue weighted by Gasteiger charge is -2.13. The van der Waals surface area contributed by atoms with E-state index in [4.69, 9.17) is 4.74 Å². The lowest BCUT2D eigenvalue weighted by molar-refractivity contribution is 0.0919. The fourth-order valence-corrected chi connectivity index (χ4v) is 2.17. The van der Waals surface area contributed by atoms with Crippen molar-refractivity contribution in [2.75, 3.05) is 6.61 Å². The predicted octanol–water partition coefficient (Wildman–Crippen LogP) is 4.47. The van der Waals surface area contributed by atoms with Crippen molar-refractivity contribution in [2.45, 2.75) is 33.6 Å². The van der Waals surface area contributed by atoms with E-state index in [1.165, 1.54) is 0 Å². The van der Waals surface area contributed by atoms with Gasteiger partial charge in [-0.3, -0.25) is 4.79 Å². The third-order valence-corrected chi connectivity index (χ3v) is 3.17. The number of halogens is 1. The molecule has 0 aliphatic rings. The molecule has 0 bridgehead atoms. The highest BCUT2D eigenvalue weighted by Gasteiger charge is 2.18. The molecule has 1 unspecified atom stereocenters. The Morgan fingerprint density at radius 2 is 2.12 bits per heavy atom. The zero-order chi connectivity index (χ0) is 12.8. The quantitative estimate of drug-likeness (QED) is 0.725. The van der Waals surface area contributed by atoms with Crippen molar-refractivity contribution in [3.8, 4) is 5.75 Å². The van der Waals surface area contributed by atoms with Gasteiger partial charge in [-0.2, -0.15) is 0 Å². The van der Waals surface area contributed by atoms with Gasteiger partial charge in [0.05, 0.1) is 12.2 Å². The highest BCUT2D eigenvalue weighted by molar-refractivity contribution is 9.10. The van der Waals surface area contributed by atoms with Crippen molar-refractivity contribution in [2.24, 2.45) is 5.92 Å². The van der Waals surface area contributed by atoms with Gasteiger partial charge in [0, 0.05) is 10.4 Å². The Labute approximate surface area is 111 Å². The third kappa shape index (κ3) is 3.84. The molecule has 17 heavy (non-hydrogen) atoms. The molecule has 0 heterocycles. The molecular formula is C14H19BrO2. The highest BCUT2D eigenvalue weighted by Crippen LogP contribution is 2.26. The molecule has 2 nitrogen and oxygen atoms in total. The van der Waals surface area contributed by atoms with E-state index in [0.29, 0.717) is 17.9 Å². The Kier molecular flexibility index (Phi) is 5.69. The summed E-state index contributed by atoms with van der Waals surface area (Å²) >= 11 is 3.40. The number of carbonyl (C=O) groups is 1. The number of hydrogen-bond donors (Lipinski definition) is 0. The van der Waals surface area contributed by atoms with Crippen molar-refractivity contribution in [1.82, 2.24) is 0 Å². The van der Waals surface area contributed by atoms with Crippen LogP contribution in [0.4, 0.5) is 0 Å². The monoisotopic (exact) mass is 298 g/mol. The van der Waals surface area contributed by atoms with Gasteiger partial charge in [-0.25, -0.2) is 0 Å². The van der Waals surface area contributed by atoms with Crippen LogP contribution in [0.25, 0.3) is 0 Å². The van der Waals surface area contributed by atoms with Gasteiger partial charge >= 0.3 is 0 Å². The Balaban J connectivity index is 3.01. The summed E-state index contributed by atoms with van der Waals surface area (Å²) in [7, 11) is 0. The number of benzene rings is 1. The second kappa shape index (κ2) is 6.80. The van der Waals surface area contributed by atoms with Crippen LogP contribution >= 0.6 is 15.9 Å². The number of ether oxygens (including phenoxy) is 1. The molecule has 0 aromatic heterocycles. The Bertz CT molecular complexity index is 388. The van der Waals surface area contributed by atoms with E-state index in [-0.39, 0.29) is 11.7 Å². The van der Waals surface area contributed by atoms with Crippen molar-refractivity contribution in [3.63, 3.8) is 0 Å². The van der Waals surface area contributed by atoms with Crippen molar-refractivity contribution in [1.29, 1.82) is 0 Å². The lowest BCUT2D eigenvalue weighted by atomic mass is 9.95. The van der Waals surface area contributed by atoms with Gasteiger partial charge in [0.25, 0.3) is 0 Å². The molecule has 0 radical (unpaired) electrons. The summed E-state index contributed by atoms with van der Waals surface area (Å²) in [6, 6.07) is 5.59. The number of rotatable bonds is 6. The number of hydrogen-bond acceptors (Lipinski definition) is 2. The molecular weight excluding hydrogens is 280 g/mol. The molecule has 0 saturated heterocycles. The zero-order valence-electron chi connectivity index (χ0n) is 10.6. The van der Waals surface area contributed by atoms with E-state index in [1.54, 1.807) is 0 Å². The van der Waals surface area contributed by atoms with Gasteiger partial charge in [0.1, 0.15) is 5.75 Å². The first-order valence-corrected chi connectivity index (χ1v) is 6.86. The zero-order valence-corrected chi connectivity index (χ0v) is 12.2. The first-order chi connectivity index (χ1) is 8.10. The number of ketones is 1. The van der Waals surface area contributed by atoms with Gasteiger partial charge in [0.2, 0.25) is 0 Å². The minimum absolute atomic E-state index is 0.0495. The van der Waals surface area contributed by atoms with E-state index in [0.717, 1.165) is 17.3 Å². The van der Waals surface area contributed by atoms with Crippen LogP contribution in [0.3, 0.4) is 0 Å². The maximum absolute atomic E-state index is 12.3. The van der Waals surface area contributed by atoms with Crippen LogP contribution in [0.1, 0.15) is 44.0 Å². The summed E-state index contributed by atoms with van der Waals surface area (Å²) < 4.78 is 6.41. The fraction of sp³-hybridized carbons (Fsp3) is 0.500. The molecule has 0 aliphatic heterocycles. The molecule has 0 spiro atoms. The van der Waals surface area contributed by atoms with Gasteiger partial charge in [-0.15, -0.1) is 0 Å². The van der Waals surface area contributed by atoms with E-state index >= 15 is 0 Å². The standard InChI is InChI=1S/C14H19BrO2/c1-4-6-10(3)14(16)12-9-11(15)7-8-13(12)17-5-2/h7-10H,4-6H2,1-3H3. The summed E-state index contributed by atoms with van der Waals surface area (Å²) in [6.07, 6.45) is 1.93.